The zero-order chi connectivity index (χ0) is 10.7. The normalized spacial score (nSPS) is 26.1. The van der Waals surface area contributed by atoms with E-state index >= 15 is 0 Å². The molecule has 0 spiro atoms. The van der Waals surface area contributed by atoms with Crippen LogP contribution in [0.1, 0.15) is 24.6 Å². The van der Waals surface area contributed by atoms with Crippen molar-refractivity contribution in [1.29, 1.82) is 0 Å². The maximum atomic E-state index is 10.5. The van der Waals surface area contributed by atoms with Crippen LogP contribution in [-0.4, -0.2) is 22.5 Å². The van der Waals surface area contributed by atoms with E-state index in [1.807, 2.05) is 18.2 Å². The second-order valence-electron chi connectivity index (χ2n) is 3.73. The van der Waals surface area contributed by atoms with E-state index < -0.39 is 6.04 Å². The van der Waals surface area contributed by atoms with Gasteiger partial charge in [-0.15, -0.1) is 0 Å². The highest BCUT2D eigenvalue weighted by molar-refractivity contribution is 5.09. The van der Waals surface area contributed by atoms with Crippen molar-refractivity contribution in [2.45, 2.75) is 24.9 Å². The minimum atomic E-state index is -0.440. The second kappa shape index (κ2) is 4.35. The van der Waals surface area contributed by atoms with E-state index in [4.69, 9.17) is 0 Å². The van der Waals surface area contributed by atoms with Crippen LogP contribution in [0.3, 0.4) is 0 Å². The molecule has 0 aliphatic carbocycles. The highest BCUT2D eigenvalue weighted by Crippen LogP contribution is 2.21. The summed E-state index contributed by atoms with van der Waals surface area (Å²) in [5, 5.41) is 13.7. The molecule has 1 aromatic rings. The fourth-order valence-corrected chi connectivity index (χ4v) is 1.86. The SMILES string of the molecule is O=[N+]([O-])C1CCC(c2ccccn2)NC1. The number of hydrogen-bond acceptors (Lipinski definition) is 4. The molecule has 0 saturated carbocycles. The number of pyridine rings is 1. The molecule has 2 heterocycles. The summed E-state index contributed by atoms with van der Waals surface area (Å²) in [5.74, 6) is 0. The smallest absolute Gasteiger partial charge is 0.225 e. The molecule has 0 amide bonds. The fraction of sp³-hybridized carbons (Fsp3) is 0.500. The van der Waals surface area contributed by atoms with Gasteiger partial charge in [0.05, 0.1) is 12.2 Å². The van der Waals surface area contributed by atoms with Crippen LogP contribution in [0, 0.1) is 10.1 Å². The van der Waals surface area contributed by atoms with Crippen molar-refractivity contribution in [1.82, 2.24) is 10.3 Å². The minimum Gasteiger partial charge on any atom is -0.302 e. The zero-order valence-electron chi connectivity index (χ0n) is 8.30. The third kappa shape index (κ3) is 2.30. The predicted octanol–water partition coefficient (Wildman–Crippen LogP) is 1.15. The van der Waals surface area contributed by atoms with Crippen LogP contribution in [0.5, 0.6) is 0 Å². The number of nitrogens with zero attached hydrogens (tertiary/aromatic N) is 2. The van der Waals surface area contributed by atoms with Gasteiger partial charge in [-0.3, -0.25) is 15.1 Å². The van der Waals surface area contributed by atoms with Gasteiger partial charge in [0.15, 0.2) is 0 Å². The van der Waals surface area contributed by atoms with E-state index in [9.17, 15) is 10.1 Å². The predicted molar refractivity (Wildman–Crippen MR) is 55.0 cm³/mol. The van der Waals surface area contributed by atoms with Crippen molar-refractivity contribution in [3.63, 3.8) is 0 Å². The Kier molecular flexibility index (Phi) is 2.91. The maximum Gasteiger partial charge on any atom is 0.225 e. The quantitative estimate of drug-likeness (QED) is 0.583. The van der Waals surface area contributed by atoms with Crippen LogP contribution < -0.4 is 5.32 Å². The van der Waals surface area contributed by atoms with Crippen LogP contribution in [0.2, 0.25) is 0 Å². The summed E-state index contributed by atoms with van der Waals surface area (Å²) in [5.41, 5.74) is 0.972. The van der Waals surface area contributed by atoms with Crippen LogP contribution in [0.25, 0.3) is 0 Å². The second-order valence-corrected chi connectivity index (χ2v) is 3.73. The monoisotopic (exact) mass is 207 g/mol. The molecule has 1 N–H and O–H groups in total. The van der Waals surface area contributed by atoms with Crippen molar-refractivity contribution < 1.29 is 4.92 Å². The third-order valence-corrected chi connectivity index (χ3v) is 2.73. The summed E-state index contributed by atoms with van der Waals surface area (Å²) >= 11 is 0. The molecule has 80 valence electrons. The van der Waals surface area contributed by atoms with Gasteiger partial charge >= 0.3 is 0 Å². The lowest BCUT2D eigenvalue weighted by Crippen LogP contribution is -2.40. The zero-order valence-corrected chi connectivity index (χ0v) is 8.30. The Bertz CT molecular complexity index is 334. The lowest BCUT2D eigenvalue weighted by atomic mass is 9.98. The molecule has 1 aliphatic heterocycles. The minimum absolute atomic E-state index is 0.169. The molecule has 15 heavy (non-hydrogen) atoms. The molecule has 5 heteroatoms. The molecule has 5 nitrogen and oxygen atoms in total. The van der Waals surface area contributed by atoms with Gasteiger partial charge < -0.3 is 5.32 Å². The maximum absolute atomic E-state index is 10.5. The van der Waals surface area contributed by atoms with Crippen molar-refractivity contribution in [2.75, 3.05) is 6.54 Å². The van der Waals surface area contributed by atoms with Crippen LogP contribution >= 0.6 is 0 Å². The van der Waals surface area contributed by atoms with Gasteiger partial charge in [-0.1, -0.05) is 6.07 Å². The summed E-state index contributed by atoms with van der Waals surface area (Å²) in [4.78, 5) is 14.6. The van der Waals surface area contributed by atoms with Gasteiger partial charge in [0, 0.05) is 23.6 Å². The Morgan fingerprint density at radius 1 is 1.47 bits per heavy atom. The largest absolute Gasteiger partial charge is 0.302 e. The average Bonchev–Trinajstić information content (AvgIpc) is 2.30. The molecule has 1 aromatic heterocycles. The summed E-state index contributed by atoms with van der Waals surface area (Å²) in [6.45, 7) is 0.439. The first-order valence-corrected chi connectivity index (χ1v) is 5.05. The van der Waals surface area contributed by atoms with E-state index in [-0.39, 0.29) is 11.0 Å². The van der Waals surface area contributed by atoms with E-state index in [1.54, 1.807) is 6.20 Å². The highest BCUT2D eigenvalue weighted by atomic mass is 16.6. The molecular weight excluding hydrogens is 194 g/mol. The van der Waals surface area contributed by atoms with Gasteiger partial charge in [-0.25, -0.2) is 0 Å². The molecular formula is C10H13N3O2. The number of piperidine rings is 1. The van der Waals surface area contributed by atoms with Crippen molar-refractivity contribution in [3.8, 4) is 0 Å². The van der Waals surface area contributed by atoms with E-state index in [2.05, 4.69) is 10.3 Å². The standard InChI is InChI=1S/C10H13N3O2/c14-13(15)8-4-5-10(12-7-8)9-3-1-2-6-11-9/h1-3,6,8,10,12H,4-5,7H2. The van der Waals surface area contributed by atoms with Crippen LogP contribution in [0.15, 0.2) is 24.4 Å². The Morgan fingerprint density at radius 3 is 2.87 bits per heavy atom. The van der Waals surface area contributed by atoms with Gasteiger partial charge in [0.25, 0.3) is 0 Å². The number of nitro groups is 1. The average molecular weight is 207 g/mol. The Hall–Kier alpha value is -1.49. The lowest BCUT2D eigenvalue weighted by Gasteiger charge is -2.24. The molecule has 1 aliphatic rings. The number of nitrogens with one attached hydrogen (secondary N) is 1. The van der Waals surface area contributed by atoms with Crippen LogP contribution in [0.4, 0.5) is 0 Å². The topological polar surface area (TPSA) is 68.1 Å². The highest BCUT2D eigenvalue weighted by Gasteiger charge is 2.28. The van der Waals surface area contributed by atoms with Gasteiger partial charge in [0.1, 0.15) is 0 Å². The van der Waals surface area contributed by atoms with E-state index in [0.717, 1.165) is 12.1 Å². The molecule has 1 fully saturated rings. The number of aromatic nitrogens is 1. The molecule has 0 radical (unpaired) electrons. The molecule has 2 atom stereocenters. The van der Waals surface area contributed by atoms with Gasteiger partial charge in [-0.2, -0.15) is 0 Å². The molecule has 2 unspecified atom stereocenters. The summed E-state index contributed by atoms with van der Waals surface area (Å²) in [6, 6.07) is 5.48. The molecule has 2 rings (SSSR count). The first-order valence-electron chi connectivity index (χ1n) is 5.05. The van der Waals surface area contributed by atoms with Gasteiger partial charge in [-0.05, 0) is 18.6 Å². The van der Waals surface area contributed by atoms with E-state index in [1.165, 1.54) is 0 Å². The third-order valence-electron chi connectivity index (χ3n) is 2.73. The van der Waals surface area contributed by atoms with Crippen molar-refractivity contribution >= 4 is 0 Å². The van der Waals surface area contributed by atoms with E-state index in [0.29, 0.717) is 13.0 Å². The van der Waals surface area contributed by atoms with Crippen molar-refractivity contribution in [3.05, 3.63) is 40.2 Å². The summed E-state index contributed by atoms with van der Waals surface area (Å²) in [7, 11) is 0. The first-order chi connectivity index (χ1) is 7.27. The van der Waals surface area contributed by atoms with Gasteiger partial charge in [0.2, 0.25) is 6.04 Å². The molecule has 1 saturated heterocycles. The van der Waals surface area contributed by atoms with Crippen LogP contribution in [-0.2, 0) is 0 Å². The summed E-state index contributed by atoms with van der Waals surface area (Å²) in [6.07, 6.45) is 3.15. The Labute approximate surface area is 87.7 Å². The Morgan fingerprint density at radius 2 is 2.33 bits per heavy atom. The Balaban J connectivity index is 1.97. The molecule has 0 aromatic carbocycles. The molecule has 0 bridgehead atoms. The van der Waals surface area contributed by atoms with Crippen molar-refractivity contribution in [2.24, 2.45) is 0 Å². The summed E-state index contributed by atoms with van der Waals surface area (Å²) < 4.78 is 0. The fourth-order valence-electron chi connectivity index (χ4n) is 1.86. The lowest BCUT2D eigenvalue weighted by molar-refractivity contribution is -0.523. The first kappa shape index (κ1) is 10.0. The number of hydrogen-bond donors (Lipinski definition) is 1. The number of rotatable bonds is 2.